The summed E-state index contributed by atoms with van der Waals surface area (Å²) in [5.41, 5.74) is 3.54. The summed E-state index contributed by atoms with van der Waals surface area (Å²) < 4.78 is 0. The van der Waals surface area contributed by atoms with Crippen molar-refractivity contribution in [3.8, 4) is 0 Å². The van der Waals surface area contributed by atoms with E-state index < -0.39 is 0 Å². The van der Waals surface area contributed by atoms with Gasteiger partial charge in [0.25, 0.3) is 5.91 Å². The van der Waals surface area contributed by atoms with Crippen LogP contribution in [0.1, 0.15) is 12.0 Å². The molecule has 5 heteroatoms. The standard InChI is InChI=1S/C14H21N3O2/c18-14(11-17-9-4-7-15-8-10-17)16-19-12-13-5-2-1-3-6-13/h1-3,5-6,15H,4,7-12H2,(H,16,18). The Balaban J connectivity index is 1.64. The summed E-state index contributed by atoms with van der Waals surface area (Å²) in [4.78, 5) is 19.1. The first-order valence-corrected chi connectivity index (χ1v) is 6.72. The zero-order valence-electron chi connectivity index (χ0n) is 11.1. The van der Waals surface area contributed by atoms with Gasteiger partial charge in [0, 0.05) is 13.1 Å². The summed E-state index contributed by atoms with van der Waals surface area (Å²) in [6.45, 7) is 4.64. The molecule has 1 aliphatic heterocycles. The van der Waals surface area contributed by atoms with Crippen molar-refractivity contribution in [1.29, 1.82) is 0 Å². The average Bonchev–Trinajstić information content (AvgIpc) is 2.68. The topological polar surface area (TPSA) is 53.6 Å². The summed E-state index contributed by atoms with van der Waals surface area (Å²) in [6.07, 6.45) is 1.08. The van der Waals surface area contributed by atoms with Gasteiger partial charge in [0.05, 0.1) is 13.2 Å². The Kier molecular flexibility index (Phi) is 5.81. The summed E-state index contributed by atoms with van der Waals surface area (Å²) in [7, 11) is 0. The molecule has 0 bridgehead atoms. The normalized spacial score (nSPS) is 16.8. The maximum absolute atomic E-state index is 11.7. The van der Waals surface area contributed by atoms with Gasteiger partial charge in [0.2, 0.25) is 0 Å². The van der Waals surface area contributed by atoms with Crippen LogP contribution in [-0.2, 0) is 16.2 Å². The lowest BCUT2D eigenvalue weighted by Gasteiger charge is -2.18. The van der Waals surface area contributed by atoms with Crippen molar-refractivity contribution in [3.63, 3.8) is 0 Å². The van der Waals surface area contributed by atoms with E-state index in [1.165, 1.54) is 0 Å². The number of rotatable bonds is 5. The molecule has 1 saturated heterocycles. The maximum atomic E-state index is 11.7. The molecule has 0 aromatic heterocycles. The fraction of sp³-hybridized carbons (Fsp3) is 0.500. The highest BCUT2D eigenvalue weighted by atomic mass is 16.6. The molecule has 2 N–H and O–H groups in total. The first-order chi connectivity index (χ1) is 9.34. The van der Waals surface area contributed by atoms with Gasteiger partial charge in [-0.3, -0.25) is 14.5 Å². The third-order valence-electron chi connectivity index (χ3n) is 3.07. The number of hydrogen-bond donors (Lipinski definition) is 2. The lowest BCUT2D eigenvalue weighted by Crippen LogP contribution is -2.38. The average molecular weight is 263 g/mol. The van der Waals surface area contributed by atoms with Crippen molar-refractivity contribution < 1.29 is 9.63 Å². The molecule has 0 aliphatic carbocycles. The first kappa shape index (κ1) is 14.0. The number of hydrogen-bond acceptors (Lipinski definition) is 4. The van der Waals surface area contributed by atoms with Crippen molar-refractivity contribution in [2.45, 2.75) is 13.0 Å². The third-order valence-corrected chi connectivity index (χ3v) is 3.07. The van der Waals surface area contributed by atoms with Gasteiger partial charge in [-0.05, 0) is 25.1 Å². The van der Waals surface area contributed by atoms with Gasteiger partial charge >= 0.3 is 0 Å². The van der Waals surface area contributed by atoms with Gasteiger partial charge in [0.1, 0.15) is 0 Å². The highest BCUT2D eigenvalue weighted by Gasteiger charge is 2.12. The van der Waals surface area contributed by atoms with Gasteiger partial charge in [-0.2, -0.15) is 0 Å². The Labute approximate surface area is 113 Å². The molecule has 0 unspecified atom stereocenters. The van der Waals surface area contributed by atoms with Gasteiger partial charge in [0.15, 0.2) is 0 Å². The van der Waals surface area contributed by atoms with Crippen LogP contribution in [0.5, 0.6) is 0 Å². The molecule has 1 heterocycles. The predicted molar refractivity (Wildman–Crippen MR) is 73.3 cm³/mol. The van der Waals surface area contributed by atoms with Crippen LogP contribution in [-0.4, -0.2) is 43.5 Å². The molecule has 0 atom stereocenters. The summed E-state index contributed by atoms with van der Waals surface area (Å²) in [6, 6.07) is 9.78. The van der Waals surface area contributed by atoms with Crippen LogP contribution in [0.25, 0.3) is 0 Å². The molecule has 1 aliphatic rings. The SMILES string of the molecule is O=C(CN1CCCNCC1)NOCc1ccccc1. The lowest BCUT2D eigenvalue weighted by atomic mass is 10.2. The van der Waals surface area contributed by atoms with Crippen molar-refractivity contribution in [2.24, 2.45) is 0 Å². The van der Waals surface area contributed by atoms with Crippen molar-refractivity contribution >= 4 is 5.91 Å². The Bertz CT molecular complexity index is 376. The molecule has 0 radical (unpaired) electrons. The number of carbonyl (C=O) groups is 1. The van der Waals surface area contributed by atoms with Crippen molar-refractivity contribution in [1.82, 2.24) is 15.7 Å². The minimum Gasteiger partial charge on any atom is -0.315 e. The van der Waals surface area contributed by atoms with Crippen LogP contribution in [0, 0.1) is 0 Å². The van der Waals surface area contributed by atoms with Crippen molar-refractivity contribution in [3.05, 3.63) is 35.9 Å². The predicted octanol–water partition coefficient (Wildman–Crippen LogP) is 0.530. The Morgan fingerprint density at radius 1 is 1.26 bits per heavy atom. The summed E-state index contributed by atoms with van der Waals surface area (Å²) in [5.74, 6) is -0.0853. The highest BCUT2D eigenvalue weighted by molar-refractivity contribution is 5.76. The first-order valence-electron chi connectivity index (χ1n) is 6.72. The quantitative estimate of drug-likeness (QED) is 0.761. The molecule has 1 amide bonds. The smallest absolute Gasteiger partial charge is 0.257 e. The molecule has 104 valence electrons. The van der Waals surface area contributed by atoms with Gasteiger partial charge in [-0.25, -0.2) is 5.48 Å². The fourth-order valence-corrected chi connectivity index (χ4v) is 2.07. The molecule has 0 spiro atoms. The number of carbonyl (C=O) groups excluding carboxylic acids is 1. The molecular weight excluding hydrogens is 242 g/mol. The van der Waals surface area contributed by atoms with E-state index in [-0.39, 0.29) is 5.91 Å². The van der Waals surface area contributed by atoms with E-state index in [9.17, 15) is 4.79 Å². The van der Waals surface area contributed by atoms with Crippen LogP contribution < -0.4 is 10.8 Å². The highest BCUT2D eigenvalue weighted by Crippen LogP contribution is 1.99. The molecule has 19 heavy (non-hydrogen) atoms. The number of nitrogens with one attached hydrogen (secondary N) is 2. The zero-order chi connectivity index (χ0) is 13.3. The van der Waals surface area contributed by atoms with E-state index in [1.54, 1.807) is 0 Å². The van der Waals surface area contributed by atoms with Crippen LogP contribution in [0.15, 0.2) is 30.3 Å². The number of benzene rings is 1. The zero-order valence-corrected chi connectivity index (χ0v) is 11.1. The second-order valence-electron chi connectivity index (χ2n) is 4.68. The second kappa shape index (κ2) is 7.89. The van der Waals surface area contributed by atoms with Crippen LogP contribution >= 0.6 is 0 Å². The van der Waals surface area contributed by atoms with Crippen molar-refractivity contribution in [2.75, 3.05) is 32.7 Å². The minimum atomic E-state index is -0.0853. The Morgan fingerprint density at radius 2 is 2.11 bits per heavy atom. The monoisotopic (exact) mass is 263 g/mol. The fourth-order valence-electron chi connectivity index (χ4n) is 2.07. The molecule has 1 aromatic rings. The maximum Gasteiger partial charge on any atom is 0.257 e. The van der Waals surface area contributed by atoms with E-state index in [1.807, 2.05) is 30.3 Å². The van der Waals surface area contributed by atoms with E-state index in [2.05, 4.69) is 15.7 Å². The number of nitrogens with zero attached hydrogens (tertiary/aromatic N) is 1. The molecule has 2 rings (SSSR count). The second-order valence-corrected chi connectivity index (χ2v) is 4.68. The Morgan fingerprint density at radius 3 is 2.95 bits per heavy atom. The van der Waals surface area contributed by atoms with Gasteiger partial charge in [-0.15, -0.1) is 0 Å². The van der Waals surface area contributed by atoms with Crippen LogP contribution in [0.4, 0.5) is 0 Å². The molecule has 0 saturated carbocycles. The molecular formula is C14H21N3O2. The lowest BCUT2D eigenvalue weighted by molar-refractivity contribution is -0.135. The molecule has 5 nitrogen and oxygen atoms in total. The summed E-state index contributed by atoms with van der Waals surface area (Å²) >= 11 is 0. The number of amides is 1. The molecule has 1 fully saturated rings. The van der Waals surface area contributed by atoms with Gasteiger partial charge in [-0.1, -0.05) is 30.3 Å². The van der Waals surface area contributed by atoms with E-state index >= 15 is 0 Å². The van der Waals surface area contributed by atoms with E-state index in [0.717, 1.165) is 38.2 Å². The molecule has 1 aromatic carbocycles. The van der Waals surface area contributed by atoms with E-state index in [0.29, 0.717) is 13.2 Å². The van der Waals surface area contributed by atoms with Crippen LogP contribution in [0.3, 0.4) is 0 Å². The minimum absolute atomic E-state index is 0.0853. The third kappa shape index (κ3) is 5.38. The van der Waals surface area contributed by atoms with Gasteiger partial charge < -0.3 is 5.32 Å². The number of hydroxylamine groups is 1. The Hall–Kier alpha value is -1.43. The largest absolute Gasteiger partial charge is 0.315 e. The summed E-state index contributed by atoms with van der Waals surface area (Å²) in [5, 5.41) is 3.31. The van der Waals surface area contributed by atoms with Crippen LogP contribution in [0.2, 0.25) is 0 Å². The van der Waals surface area contributed by atoms with E-state index in [4.69, 9.17) is 4.84 Å².